The molecule has 1 fully saturated rings. The van der Waals surface area contributed by atoms with Crippen molar-refractivity contribution in [1.29, 1.82) is 0 Å². The molecular formula is C18H25NO5. The monoisotopic (exact) mass is 335 g/mol. The van der Waals surface area contributed by atoms with E-state index in [9.17, 15) is 9.59 Å². The summed E-state index contributed by atoms with van der Waals surface area (Å²) in [6.45, 7) is 6.88. The summed E-state index contributed by atoms with van der Waals surface area (Å²) in [5.41, 5.74) is 0.394. The molecule has 132 valence electrons. The Bertz CT molecular complexity index is 552. The van der Waals surface area contributed by atoms with Crippen molar-refractivity contribution in [1.82, 2.24) is 4.90 Å². The summed E-state index contributed by atoms with van der Waals surface area (Å²) in [5, 5.41) is 0. The average molecular weight is 335 g/mol. The smallest absolute Gasteiger partial charge is 0.410 e. The van der Waals surface area contributed by atoms with E-state index in [1.807, 2.05) is 51.1 Å². The van der Waals surface area contributed by atoms with Crippen LogP contribution in [-0.4, -0.2) is 48.4 Å². The highest BCUT2D eigenvalue weighted by atomic mass is 16.6. The Hall–Kier alpha value is -2.08. The van der Waals surface area contributed by atoms with Gasteiger partial charge in [0.1, 0.15) is 12.2 Å². The molecule has 1 aliphatic rings. The Balaban J connectivity index is 1.77. The normalized spacial score (nSPS) is 18.1. The summed E-state index contributed by atoms with van der Waals surface area (Å²) in [5.74, 6) is -0.338. The zero-order chi connectivity index (χ0) is 17.6. The number of hydrogen-bond donors (Lipinski definition) is 0. The van der Waals surface area contributed by atoms with E-state index in [-0.39, 0.29) is 31.2 Å². The fourth-order valence-corrected chi connectivity index (χ4v) is 2.32. The molecule has 0 N–H and O–H groups in total. The molecule has 1 heterocycles. The van der Waals surface area contributed by atoms with Crippen molar-refractivity contribution in [3.8, 4) is 0 Å². The Labute approximate surface area is 142 Å². The fraction of sp³-hybridized carbons (Fsp3) is 0.556. The zero-order valence-corrected chi connectivity index (χ0v) is 14.5. The van der Waals surface area contributed by atoms with Crippen molar-refractivity contribution >= 4 is 12.1 Å². The third-order valence-electron chi connectivity index (χ3n) is 3.43. The van der Waals surface area contributed by atoms with Gasteiger partial charge < -0.3 is 19.1 Å². The van der Waals surface area contributed by atoms with Gasteiger partial charge in [0, 0.05) is 6.54 Å². The van der Waals surface area contributed by atoms with Crippen LogP contribution in [-0.2, 0) is 25.6 Å². The predicted molar refractivity (Wildman–Crippen MR) is 88.4 cm³/mol. The molecule has 0 saturated carbocycles. The van der Waals surface area contributed by atoms with Crippen molar-refractivity contribution in [3.63, 3.8) is 0 Å². The lowest BCUT2D eigenvalue weighted by Gasteiger charge is -2.33. The number of benzene rings is 1. The molecule has 24 heavy (non-hydrogen) atoms. The lowest BCUT2D eigenvalue weighted by molar-refractivity contribution is -0.150. The number of hydrogen-bond acceptors (Lipinski definition) is 5. The topological polar surface area (TPSA) is 65.1 Å². The van der Waals surface area contributed by atoms with E-state index < -0.39 is 5.60 Å². The average Bonchev–Trinajstić information content (AvgIpc) is 2.52. The molecule has 6 heteroatoms. The first-order chi connectivity index (χ1) is 11.3. The van der Waals surface area contributed by atoms with E-state index >= 15 is 0 Å². The van der Waals surface area contributed by atoms with E-state index in [1.54, 1.807) is 4.90 Å². The number of ether oxygens (including phenoxy) is 3. The van der Waals surface area contributed by atoms with E-state index in [0.29, 0.717) is 19.7 Å². The number of carbonyl (C=O) groups is 2. The number of amides is 1. The first-order valence-electron chi connectivity index (χ1n) is 8.12. The van der Waals surface area contributed by atoms with Crippen LogP contribution in [0.4, 0.5) is 4.79 Å². The summed E-state index contributed by atoms with van der Waals surface area (Å²) in [6, 6.07) is 9.49. The van der Waals surface area contributed by atoms with Crippen molar-refractivity contribution in [2.75, 3.05) is 19.7 Å². The van der Waals surface area contributed by atoms with Gasteiger partial charge in [-0.2, -0.15) is 0 Å². The van der Waals surface area contributed by atoms with Crippen molar-refractivity contribution < 1.29 is 23.8 Å². The van der Waals surface area contributed by atoms with Crippen LogP contribution in [0, 0.1) is 0 Å². The Morgan fingerprint density at radius 3 is 2.62 bits per heavy atom. The second-order valence-corrected chi connectivity index (χ2v) is 6.77. The van der Waals surface area contributed by atoms with E-state index in [1.165, 1.54) is 0 Å². The third kappa shape index (κ3) is 6.20. The number of nitrogens with zero attached hydrogens (tertiary/aromatic N) is 1. The molecule has 0 aliphatic carbocycles. The van der Waals surface area contributed by atoms with Gasteiger partial charge in [-0.05, 0) is 26.3 Å². The molecule has 1 atom stereocenters. The molecule has 2 rings (SSSR count). The number of carbonyl (C=O) groups excluding carboxylic acids is 2. The maximum atomic E-state index is 12.1. The van der Waals surface area contributed by atoms with Crippen LogP contribution < -0.4 is 0 Å². The van der Waals surface area contributed by atoms with Crippen LogP contribution in [0.2, 0.25) is 0 Å². The van der Waals surface area contributed by atoms with Gasteiger partial charge in [0.15, 0.2) is 0 Å². The summed E-state index contributed by atoms with van der Waals surface area (Å²) in [7, 11) is 0. The lowest BCUT2D eigenvalue weighted by atomic mass is 10.2. The predicted octanol–water partition coefficient (Wildman–Crippen LogP) is 2.76. The van der Waals surface area contributed by atoms with Crippen LogP contribution in [0.15, 0.2) is 30.3 Å². The first kappa shape index (κ1) is 18.3. The molecular weight excluding hydrogens is 310 g/mol. The Kier molecular flexibility index (Phi) is 6.20. The fourth-order valence-electron chi connectivity index (χ4n) is 2.32. The summed E-state index contributed by atoms with van der Waals surface area (Å²) in [6.07, 6.45) is -0.630. The third-order valence-corrected chi connectivity index (χ3v) is 3.43. The van der Waals surface area contributed by atoms with Crippen LogP contribution in [0.25, 0.3) is 0 Å². The molecule has 0 radical (unpaired) electrons. The van der Waals surface area contributed by atoms with Crippen LogP contribution in [0.5, 0.6) is 0 Å². The van der Waals surface area contributed by atoms with Gasteiger partial charge in [0.25, 0.3) is 0 Å². The molecule has 6 nitrogen and oxygen atoms in total. The van der Waals surface area contributed by atoms with Gasteiger partial charge >= 0.3 is 12.1 Å². The van der Waals surface area contributed by atoms with E-state index in [0.717, 1.165) is 5.56 Å². The maximum Gasteiger partial charge on any atom is 0.410 e. The molecule has 0 bridgehead atoms. The molecule has 1 aromatic carbocycles. The largest absolute Gasteiger partial charge is 0.461 e. The van der Waals surface area contributed by atoms with Crippen molar-refractivity contribution in [2.24, 2.45) is 0 Å². The minimum Gasteiger partial charge on any atom is -0.461 e. The van der Waals surface area contributed by atoms with Crippen LogP contribution in [0.3, 0.4) is 0 Å². The van der Waals surface area contributed by atoms with Gasteiger partial charge in [-0.15, -0.1) is 0 Å². The van der Waals surface area contributed by atoms with Gasteiger partial charge in [0.2, 0.25) is 0 Å². The second-order valence-electron chi connectivity index (χ2n) is 6.77. The van der Waals surface area contributed by atoms with Gasteiger partial charge in [-0.1, -0.05) is 30.3 Å². The molecule has 0 aromatic heterocycles. The minimum atomic E-state index is -0.542. The molecule has 1 amide bonds. The van der Waals surface area contributed by atoms with Crippen molar-refractivity contribution in [2.45, 2.75) is 45.5 Å². The summed E-state index contributed by atoms with van der Waals surface area (Å²) >= 11 is 0. The van der Waals surface area contributed by atoms with Crippen molar-refractivity contribution in [3.05, 3.63) is 35.9 Å². The molecule has 0 spiro atoms. The van der Waals surface area contributed by atoms with E-state index in [4.69, 9.17) is 14.2 Å². The second kappa shape index (κ2) is 8.15. The Morgan fingerprint density at radius 1 is 1.25 bits per heavy atom. The minimum absolute atomic E-state index is 0.117. The van der Waals surface area contributed by atoms with Gasteiger partial charge in [-0.25, -0.2) is 4.79 Å². The van der Waals surface area contributed by atoms with Gasteiger partial charge in [-0.3, -0.25) is 4.79 Å². The summed E-state index contributed by atoms with van der Waals surface area (Å²) in [4.78, 5) is 25.6. The van der Waals surface area contributed by atoms with Crippen LogP contribution in [0.1, 0.15) is 32.8 Å². The zero-order valence-electron chi connectivity index (χ0n) is 14.5. The molecule has 1 aromatic rings. The standard InChI is InChI=1S/C18H25NO5/c1-18(2,3)24-17(21)19-9-10-22-15(12-19)11-16(20)23-13-14-7-5-4-6-8-14/h4-8,15H,9-13H2,1-3H3/t15-/m0/s1. The molecule has 1 aliphatic heterocycles. The SMILES string of the molecule is CC(C)(C)OC(=O)N1CCO[C@@H](CC(=O)OCc2ccccc2)C1. The quantitative estimate of drug-likeness (QED) is 0.792. The van der Waals surface area contributed by atoms with E-state index in [2.05, 4.69) is 0 Å². The lowest BCUT2D eigenvalue weighted by Crippen LogP contribution is -2.48. The van der Waals surface area contributed by atoms with Crippen LogP contribution >= 0.6 is 0 Å². The van der Waals surface area contributed by atoms with Gasteiger partial charge in [0.05, 0.1) is 25.7 Å². The molecule has 0 unspecified atom stereocenters. The number of morpholine rings is 1. The summed E-state index contributed by atoms with van der Waals surface area (Å²) < 4.78 is 16.2. The molecule has 1 saturated heterocycles. The highest BCUT2D eigenvalue weighted by Crippen LogP contribution is 2.15. The number of rotatable bonds is 4. The number of esters is 1. The highest BCUT2D eigenvalue weighted by molar-refractivity contribution is 5.71. The highest BCUT2D eigenvalue weighted by Gasteiger charge is 2.29. The Morgan fingerprint density at radius 2 is 1.96 bits per heavy atom. The maximum absolute atomic E-state index is 12.1. The first-order valence-corrected chi connectivity index (χ1v) is 8.12.